The number of nitrogens with zero attached hydrogens (tertiary/aromatic N) is 1. The van der Waals surface area contributed by atoms with Crippen LogP contribution in [0.25, 0.3) is 0 Å². The van der Waals surface area contributed by atoms with Crippen molar-refractivity contribution >= 4 is 22.9 Å². The molecule has 0 aromatic heterocycles. The Morgan fingerprint density at radius 2 is 1.94 bits per heavy atom. The molecule has 3 nitrogen and oxygen atoms in total. The third kappa shape index (κ3) is 19.0. The van der Waals surface area contributed by atoms with Crippen LogP contribution < -0.4 is 5.32 Å². The molecule has 0 unspecified atom stereocenters. The molecule has 0 bridgehead atoms. The zero-order valence-corrected chi connectivity index (χ0v) is 12.6. The summed E-state index contributed by atoms with van der Waals surface area (Å²) < 4.78 is 0. The quantitative estimate of drug-likeness (QED) is 0.623. The largest absolute Gasteiger partial charge is 0.352 e. The first-order valence-corrected chi connectivity index (χ1v) is 5.15. The summed E-state index contributed by atoms with van der Waals surface area (Å²) in [4.78, 5) is 12.8. The number of halogens is 1. The summed E-state index contributed by atoms with van der Waals surface area (Å²) in [5.41, 5.74) is 0.573. The summed E-state index contributed by atoms with van der Waals surface area (Å²) in [6, 6.07) is 0. The topological polar surface area (TPSA) is 32.3 Å². The summed E-state index contributed by atoms with van der Waals surface area (Å²) >= 11 is 0. The molecule has 0 heterocycles. The molecule has 4 heteroatoms. The lowest BCUT2D eigenvalue weighted by molar-refractivity contribution is -0.117. The van der Waals surface area contributed by atoms with E-state index in [0.717, 1.165) is 19.5 Å². The molecule has 0 spiro atoms. The van der Waals surface area contributed by atoms with Gasteiger partial charge in [-0.1, -0.05) is 19.6 Å². The van der Waals surface area contributed by atoms with Gasteiger partial charge in [0.05, 0.1) is 0 Å². The Labute approximate surface area is 110 Å². The molecule has 16 heavy (non-hydrogen) atoms. The Morgan fingerprint density at radius 3 is 2.12 bits per heavy atom. The molecule has 1 amide bonds. The van der Waals surface area contributed by atoms with Crippen LogP contribution in [0.5, 0.6) is 0 Å². The standard InChI is InChI=1S/C7H13NO.C5H11N.BrH/c1-4-5-8-7(9)6(2)3;1-4-5-6(2)3;/h2,4-5H2,1,3H3,(H,8,9);4H,1,5H2,2-3H3;1H. The van der Waals surface area contributed by atoms with Crippen LogP contribution in [-0.2, 0) is 4.79 Å². The second kappa shape index (κ2) is 14.4. The van der Waals surface area contributed by atoms with E-state index in [1.807, 2.05) is 27.1 Å². The zero-order valence-electron chi connectivity index (χ0n) is 10.9. The van der Waals surface area contributed by atoms with Crippen LogP contribution in [0.4, 0.5) is 0 Å². The van der Waals surface area contributed by atoms with E-state index in [0.29, 0.717) is 5.57 Å². The van der Waals surface area contributed by atoms with Crippen molar-refractivity contribution in [2.75, 3.05) is 27.2 Å². The van der Waals surface area contributed by atoms with E-state index >= 15 is 0 Å². The maximum absolute atomic E-state index is 10.7. The highest BCUT2D eigenvalue weighted by Gasteiger charge is 1.96. The monoisotopic (exact) mass is 292 g/mol. The summed E-state index contributed by atoms with van der Waals surface area (Å²) in [6.45, 7) is 12.5. The first-order chi connectivity index (χ1) is 6.95. The second-order valence-corrected chi connectivity index (χ2v) is 3.59. The van der Waals surface area contributed by atoms with Crippen LogP contribution in [0.15, 0.2) is 24.8 Å². The molecule has 0 saturated carbocycles. The Balaban J connectivity index is -0.000000214. The van der Waals surface area contributed by atoms with Crippen LogP contribution in [0.1, 0.15) is 20.3 Å². The number of carbonyl (C=O) groups is 1. The Kier molecular flexibility index (Phi) is 18.7. The highest BCUT2D eigenvalue weighted by Crippen LogP contribution is 1.84. The normalized spacial score (nSPS) is 8.31. The van der Waals surface area contributed by atoms with Gasteiger partial charge in [-0.3, -0.25) is 4.79 Å². The van der Waals surface area contributed by atoms with Gasteiger partial charge in [0, 0.05) is 18.7 Å². The molecule has 0 aromatic rings. The maximum Gasteiger partial charge on any atom is 0.246 e. The number of amides is 1. The smallest absolute Gasteiger partial charge is 0.246 e. The van der Waals surface area contributed by atoms with Gasteiger partial charge in [0.15, 0.2) is 0 Å². The average Bonchev–Trinajstić information content (AvgIpc) is 2.14. The minimum Gasteiger partial charge on any atom is -0.352 e. The molecule has 0 aromatic carbocycles. The highest BCUT2D eigenvalue weighted by molar-refractivity contribution is 8.93. The number of rotatable bonds is 5. The molecule has 0 aliphatic rings. The number of likely N-dealkylation sites (N-methyl/N-ethyl adjacent to an activating group) is 1. The van der Waals surface area contributed by atoms with Crippen molar-refractivity contribution < 1.29 is 4.79 Å². The van der Waals surface area contributed by atoms with Crippen LogP contribution in [0.3, 0.4) is 0 Å². The van der Waals surface area contributed by atoms with Crippen LogP contribution in [0, 0.1) is 0 Å². The number of carbonyl (C=O) groups excluding carboxylic acids is 1. The van der Waals surface area contributed by atoms with Crippen molar-refractivity contribution in [1.29, 1.82) is 0 Å². The van der Waals surface area contributed by atoms with Crippen molar-refractivity contribution in [3.63, 3.8) is 0 Å². The van der Waals surface area contributed by atoms with Gasteiger partial charge in [0.25, 0.3) is 0 Å². The van der Waals surface area contributed by atoms with Crippen molar-refractivity contribution in [2.24, 2.45) is 0 Å². The third-order valence-electron chi connectivity index (χ3n) is 1.42. The van der Waals surface area contributed by atoms with Crippen molar-refractivity contribution in [3.05, 3.63) is 24.8 Å². The van der Waals surface area contributed by atoms with E-state index < -0.39 is 0 Å². The molecule has 0 aliphatic heterocycles. The predicted octanol–water partition coefficient (Wildman–Crippen LogP) is 2.40. The van der Waals surface area contributed by atoms with Gasteiger partial charge in [0.2, 0.25) is 5.91 Å². The Hall–Kier alpha value is -0.610. The molecule has 0 rings (SSSR count). The fraction of sp³-hybridized carbons (Fsp3) is 0.583. The first-order valence-electron chi connectivity index (χ1n) is 5.15. The van der Waals surface area contributed by atoms with Gasteiger partial charge in [0.1, 0.15) is 0 Å². The minimum absolute atomic E-state index is 0. The van der Waals surface area contributed by atoms with Gasteiger partial charge in [-0.2, -0.15) is 0 Å². The molecule has 0 saturated heterocycles. The first kappa shape index (κ1) is 20.8. The van der Waals surface area contributed by atoms with E-state index in [-0.39, 0.29) is 22.9 Å². The number of hydrogen-bond donors (Lipinski definition) is 1. The van der Waals surface area contributed by atoms with E-state index in [1.54, 1.807) is 6.92 Å². The highest BCUT2D eigenvalue weighted by atomic mass is 79.9. The Morgan fingerprint density at radius 1 is 1.44 bits per heavy atom. The van der Waals surface area contributed by atoms with Gasteiger partial charge in [-0.25, -0.2) is 0 Å². The second-order valence-electron chi connectivity index (χ2n) is 3.59. The fourth-order valence-electron chi connectivity index (χ4n) is 0.648. The molecule has 1 N–H and O–H groups in total. The SMILES string of the molecule is Br.C=C(C)C(=O)NCCC.C=CCN(C)C. The predicted molar refractivity (Wildman–Crippen MR) is 77.2 cm³/mol. The van der Waals surface area contributed by atoms with Gasteiger partial charge < -0.3 is 10.2 Å². The molecule has 0 radical (unpaired) electrons. The Bertz CT molecular complexity index is 203. The molecular formula is C12H25BrN2O. The van der Waals surface area contributed by atoms with Crippen LogP contribution in [0.2, 0.25) is 0 Å². The molecule has 0 atom stereocenters. The van der Waals surface area contributed by atoms with E-state index in [9.17, 15) is 4.79 Å². The fourth-order valence-corrected chi connectivity index (χ4v) is 0.648. The zero-order chi connectivity index (χ0) is 12.3. The molecule has 96 valence electrons. The van der Waals surface area contributed by atoms with Crippen molar-refractivity contribution in [3.8, 4) is 0 Å². The average molecular weight is 293 g/mol. The lowest BCUT2D eigenvalue weighted by Gasteiger charge is -2.01. The number of nitrogens with one attached hydrogen (secondary N) is 1. The maximum atomic E-state index is 10.7. The van der Waals surface area contributed by atoms with E-state index in [4.69, 9.17) is 0 Å². The van der Waals surface area contributed by atoms with Gasteiger partial charge in [-0.05, 0) is 27.4 Å². The van der Waals surface area contributed by atoms with Crippen molar-refractivity contribution in [1.82, 2.24) is 10.2 Å². The third-order valence-corrected chi connectivity index (χ3v) is 1.42. The van der Waals surface area contributed by atoms with Crippen molar-refractivity contribution in [2.45, 2.75) is 20.3 Å². The number of hydrogen-bond acceptors (Lipinski definition) is 2. The van der Waals surface area contributed by atoms with E-state index in [1.165, 1.54) is 0 Å². The minimum atomic E-state index is -0.0446. The summed E-state index contributed by atoms with van der Waals surface area (Å²) in [5.74, 6) is -0.0446. The lowest BCUT2D eigenvalue weighted by Crippen LogP contribution is -2.24. The van der Waals surface area contributed by atoms with E-state index in [2.05, 4.69) is 23.4 Å². The lowest BCUT2D eigenvalue weighted by atomic mass is 10.3. The summed E-state index contributed by atoms with van der Waals surface area (Å²) in [7, 11) is 4.03. The van der Waals surface area contributed by atoms with Crippen LogP contribution in [-0.4, -0.2) is 38.0 Å². The van der Waals surface area contributed by atoms with Gasteiger partial charge >= 0.3 is 0 Å². The molecule has 0 aliphatic carbocycles. The molecule has 0 fully saturated rings. The van der Waals surface area contributed by atoms with Crippen LogP contribution >= 0.6 is 17.0 Å². The summed E-state index contributed by atoms with van der Waals surface area (Å²) in [5, 5.41) is 2.69. The molecular weight excluding hydrogens is 268 g/mol. The summed E-state index contributed by atoms with van der Waals surface area (Å²) in [6.07, 6.45) is 2.85. The van der Waals surface area contributed by atoms with Gasteiger partial charge in [-0.15, -0.1) is 23.6 Å².